The first-order valence-corrected chi connectivity index (χ1v) is 12.3. The van der Waals surface area contributed by atoms with Crippen LogP contribution in [0.15, 0.2) is 35.7 Å². The highest BCUT2D eigenvalue weighted by molar-refractivity contribution is 7.10. The van der Waals surface area contributed by atoms with Crippen molar-refractivity contribution in [1.82, 2.24) is 14.7 Å². The number of hydrogen-bond donors (Lipinski definition) is 0. The van der Waals surface area contributed by atoms with Crippen molar-refractivity contribution in [1.29, 1.82) is 0 Å². The van der Waals surface area contributed by atoms with E-state index in [0.717, 1.165) is 18.5 Å². The topological polar surface area (TPSA) is 43.9 Å². The molecule has 7 heteroatoms. The fourth-order valence-electron chi connectivity index (χ4n) is 4.90. The Morgan fingerprint density at radius 1 is 1.16 bits per heavy atom. The Morgan fingerprint density at radius 3 is 2.69 bits per heavy atom. The van der Waals surface area contributed by atoms with E-state index in [1.165, 1.54) is 16.5 Å². The normalized spacial score (nSPS) is 21.7. The molecule has 2 aromatic rings. The minimum atomic E-state index is -0.257. The Kier molecular flexibility index (Phi) is 6.96. The second kappa shape index (κ2) is 9.71. The fraction of sp³-hybridized carbons (Fsp3) is 0.520. The van der Waals surface area contributed by atoms with Crippen molar-refractivity contribution in [3.05, 3.63) is 57.5 Å². The zero-order chi connectivity index (χ0) is 22.8. The third-order valence-corrected chi connectivity index (χ3v) is 7.45. The van der Waals surface area contributed by atoms with Gasteiger partial charge in [-0.25, -0.2) is 4.39 Å². The molecule has 2 amide bonds. The molecule has 5 nitrogen and oxygen atoms in total. The second-order valence-electron chi connectivity index (χ2n) is 9.35. The Labute approximate surface area is 193 Å². The minimum absolute atomic E-state index is 0.0165. The summed E-state index contributed by atoms with van der Waals surface area (Å²) in [4.78, 5) is 33.1. The highest BCUT2D eigenvalue weighted by atomic mass is 32.1. The van der Waals surface area contributed by atoms with Gasteiger partial charge in [-0.1, -0.05) is 26.0 Å². The smallest absolute Gasteiger partial charge is 0.236 e. The lowest BCUT2D eigenvalue weighted by Gasteiger charge is -2.42. The van der Waals surface area contributed by atoms with Gasteiger partial charge in [0.15, 0.2) is 0 Å². The molecular formula is C25H32FN3O2S. The molecule has 2 unspecified atom stereocenters. The highest BCUT2D eigenvalue weighted by Gasteiger charge is 2.34. The summed E-state index contributed by atoms with van der Waals surface area (Å²) >= 11 is 1.73. The lowest BCUT2D eigenvalue weighted by molar-refractivity contribution is -0.143. The second-order valence-corrected chi connectivity index (χ2v) is 10.4. The van der Waals surface area contributed by atoms with Crippen molar-refractivity contribution in [2.75, 3.05) is 32.7 Å². The van der Waals surface area contributed by atoms with Crippen LogP contribution in [-0.2, 0) is 16.0 Å². The lowest BCUT2D eigenvalue weighted by atomic mass is 9.93. The number of carbonyl (C=O) groups is 2. The maximum absolute atomic E-state index is 14.0. The molecule has 3 heterocycles. The molecule has 4 rings (SSSR count). The van der Waals surface area contributed by atoms with Crippen molar-refractivity contribution < 1.29 is 14.0 Å². The Bertz CT molecular complexity index is 976. The van der Waals surface area contributed by atoms with Gasteiger partial charge in [0.25, 0.3) is 0 Å². The minimum Gasteiger partial charge on any atom is -0.338 e. The van der Waals surface area contributed by atoms with Gasteiger partial charge in [-0.3, -0.25) is 14.5 Å². The Hall–Kier alpha value is -2.25. The average molecular weight is 458 g/mol. The molecule has 1 aromatic heterocycles. The van der Waals surface area contributed by atoms with Gasteiger partial charge in [0, 0.05) is 43.5 Å². The zero-order valence-corrected chi connectivity index (χ0v) is 19.9. The van der Waals surface area contributed by atoms with Crippen LogP contribution >= 0.6 is 11.3 Å². The lowest BCUT2D eigenvalue weighted by Crippen LogP contribution is -2.57. The van der Waals surface area contributed by atoms with E-state index in [-0.39, 0.29) is 29.7 Å². The molecule has 2 atom stereocenters. The predicted octanol–water partition coefficient (Wildman–Crippen LogP) is 3.94. The summed E-state index contributed by atoms with van der Waals surface area (Å²) in [5.41, 5.74) is 2.06. The molecule has 0 bridgehead atoms. The van der Waals surface area contributed by atoms with Crippen LogP contribution in [0.3, 0.4) is 0 Å². The van der Waals surface area contributed by atoms with E-state index in [2.05, 4.69) is 30.2 Å². The van der Waals surface area contributed by atoms with Gasteiger partial charge in [0.1, 0.15) is 5.82 Å². The van der Waals surface area contributed by atoms with E-state index in [1.54, 1.807) is 23.5 Å². The van der Waals surface area contributed by atoms with Crippen LogP contribution in [0.4, 0.5) is 4.39 Å². The first-order valence-electron chi connectivity index (χ1n) is 11.5. The molecule has 0 saturated carbocycles. The van der Waals surface area contributed by atoms with Gasteiger partial charge < -0.3 is 9.80 Å². The number of rotatable bonds is 5. The van der Waals surface area contributed by atoms with Gasteiger partial charge in [0.05, 0.1) is 12.6 Å². The van der Waals surface area contributed by atoms with Crippen LogP contribution in [-0.4, -0.2) is 65.3 Å². The maximum Gasteiger partial charge on any atom is 0.236 e. The molecule has 0 radical (unpaired) electrons. The van der Waals surface area contributed by atoms with E-state index in [4.69, 9.17) is 0 Å². The third kappa shape index (κ3) is 4.89. The standard InChI is InChI=1S/C25H32FN3O2S/c1-17(2)13-23(30)29-11-10-27(15-18(29)3)24(31)16-28-9-7-22-21(8-12-32-22)25(28)19-5-4-6-20(26)14-19/h4-6,8,12,14,17-18,25H,7,9-11,13,15-16H2,1-3H3. The number of piperazine rings is 1. The highest BCUT2D eigenvalue weighted by Crippen LogP contribution is 2.37. The fourth-order valence-corrected chi connectivity index (χ4v) is 5.80. The molecule has 172 valence electrons. The number of hydrogen-bond acceptors (Lipinski definition) is 4. The number of thiophene rings is 1. The van der Waals surface area contributed by atoms with Crippen LogP contribution in [0, 0.1) is 11.7 Å². The van der Waals surface area contributed by atoms with Gasteiger partial charge in [-0.15, -0.1) is 11.3 Å². The van der Waals surface area contributed by atoms with Crippen LogP contribution in [0.2, 0.25) is 0 Å². The molecule has 2 aliphatic rings. The van der Waals surface area contributed by atoms with E-state index >= 15 is 0 Å². The predicted molar refractivity (Wildman–Crippen MR) is 125 cm³/mol. The molecule has 32 heavy (non-hydrogen) atoms. The summed E-state index contributed by atoms with van der Waals surface area (Å²) in [7, 11) is 0. The summed E-state index contributed by atoms with van der Waals surface area (Å²) in [5, 5.41) is 2.08. The number of nitrogens with zero attached hydrogens (tertiary/aromatic N) is 3. The first-order chi connectivity index (χ1) is 15.3. The average Bonchev–Trinajstić information content (AvgIpc) is 3.21. The van der Waals surface area contributed by atoms with Crippen molar-refractivity contribution in [2.45, 2.75) is 45.7 Å². The number of fused-ring (bicyclic) bond motifs is 1. The zero-order valence-electron chi connectivity index (χ0n) is 19.1. The summed E-state index contributed by atoms with van der Waals surface area (Å²) in [6.07, 6.45) is 1.45. The summed E-state index contributed by atoms with van der Waals surface area (Å²) in [5.74, 6) is 0.321. The molecule has 0 N–H and O–H groups in total. The van der Waals surface area contributed by atoms with Crippen LogP contribution in [0.25, 0.3) is 0 Å². The van der Waals surface area contributed by atoms with Crippen LogP contribution in [0.5, 0.6) is 0 Å². The molecule has 0 spiro atoms. The van der Waals surface area contributed by atoms with Crippen LogP contribution < -0.4 is 0 Å². The third-order valence-electron chi connectivity index (χ3n) is 6.45. The molecule has 2 aliphatic heterocycles. The molecule has 1 fully saturated rings. The van der Waals surface area contributed by atoms with Crippen molar-refractivity contribution in [3.8, 4) is 0 Å². The van der Waals surface area contributed by atoms with Gasteiger partial charge in [0.2, 0.25) is 11.8 Å². The van der Waals surface area contributed by atoms with E-state index in [9.17, 15) is 14.0 Å². The number of amides is 2. The summed E-state index contributed by atoms with van der Waals surface area (Å²) < 4.78 is 14.0. The van der Waals surface area contributed by atoms with E-state index in [1.807, 2.05) is 22.8 Å². The van der Waals surface area contributed by atoms with Crippen molar-refractivity contribution >= 4 is 23.2 Å². The number of benzene rings is 1. The molecule has 1 aromatic carbocycles. The largest absolute Gasteiger partial charge is 0.338 e. The SMILES string of the molecule is CC(C)CC(=O)N1CCN(C(=O)CN2CCc3sccc3C2c2cccc(F)c2)CC1C. The van der Waals surface area contributed by atoms with Gasteiger partial charge in [-0.05, 0) is 54.0 Å². The molecular weight excluding hydrogens is 425 g/mol. The monoisotopic (exact) mass is 457 g/mol. The maximum atomic E-state index is 14.0. The molecule has 1 saturated heterocycles. The van der Waals surface area contributed by atoms with Crippen LogP contribution in [0.1, 0.15) is 49.2 Å². The van der Waals surface area contributed by atoms with E-state index in [0.29, 0.717) is 38.5 Å². The Balaban J connectivity index is 1.46. The van der Waals surface area contributed by atoms with Gasteiger partial charge in [-0.2, -0.15) is 0 Å². The summed E-state index contributed by atoms with van der Waals surface area (Å²) in [6.45, 7) is 8.89. The Morgan fingerprint density at radius 2 is 1.97 bits per heavy atom. The van der Waals surface area contributed by atoms with E-state index < -0.39 is 0 Å². The summed E-state index contributed by atoms with van der Waals surface area (Å²) in [6, 6.07) is 8.72. The van der Waals surface area contributed by atoms with Gasteiger partial charge >= 0.3 is 0 Å². The van der Waals surface area contributed by atoms with Crippen molar-refractivity contribution in [2.24, 2.45) is 5.92 Å². The first kappa shape index (κ1) is 22.9. The number of carbonyl (C=O) groups excluding carboxylic acids is 2. The molecule has 0 aliphatic carbocycles. The quantitative estimate of drug-likeness (QED) is 0.683. The van der Waals surface area contributed by atoms with Crippen molar-refractivity contribution in [3.63, 3.8) is 0 Å². The number of halogens is 1.